The molecular formula is C15H23N3S. The summed E-state index contributed by atoms with van der Waals surface area (Å²) in [6.45, 7) is 6.10. The Morgan fingerprint density at radius 3 is 2.79 bits per heavy atom. The van der Waals surface area contributed by atoms with Gasteiger partial charge in [-0.2, -0.15) is 11.8 Å². The second-order valence-corrected chi connectivity index (χ2v) is 6.29. The fraction of sp³-hybridized carbons (Fsp3) is 0.533. The summed E-state index contributed by atoms with van der Waals surface area (Å²) in [4.78, 5) is 4.81. The lowest BCUT2D eigenvalue weighted by Crippen LogP contribution is -2.09. The Morgan fingerprint density at radius 2 is 2.16 bits per heavy atom. The summed E-state index contributed by atoms with van der Waals surface area (Å²) < 4.78 is 2.37. The number of aromatic nitrogens is 2. The molecule has 0 radical (unpaired) electrons. The van der Waals surface area contributed by atoms with E-state index in [0.29, 0.717) is 12.5 Å². The summed E-state index contributed by atoms with van der Waals surface area (Å²) in [5.74, 6) is 2.94. The molecule has 2 N–H and O–H groups in total. The summed E-state index contributed by atoms with van der Waals surface area (Å²) in [6.07, 6.45) is 3.17. The van der Waals surface area contributed by atoms with Crippen molar-refractivity contribution in [3.63, 3.8) is 0 Å². The van der Waals surface area contributed by atoms with Gasteiger partial charge >= 0.3 is 0 Å². The third-order valence-corrected chi connectivity index (χ3v) is 3.82. The first-order chi connectivity index (χ1) is 9.15. The second-order valence-electron chi connectivity index (χ2n) is 5.30. The summed E-state index contributed by atoms with van der Waals surface area (Å²) in [5, 5.41) is 0. The molecule has 0 amide bonds. The second kappa shape index (κ2) is 6.44. The minimum absolute atomic E-state index is 0.577. The third kappa shape index (κ3) is 3.31. The van der Waals surface area contributed by atoms with Crippen LogP contribution in [0.25, 0.3) is 11.0 Å². The van der Waals surface area contributed by atoms with Gasteiger partial charge in [-0.1, -0.05) is 19.9 Å². The van der Waals surface area contributed by atoms with Crippen molar-refractivity contribution in [1.29, 1.82) is 0 Å². The van der Waals surface area contributed by atoms with Gasteiger partial charge in [-0.05, 0) is 29.9 Å². The smallest absolute Gasteiger partial charge is 0.110 e. The van der Waals surface area contributed by atoms with Crippen LogP contribution in [0.3, 0.4) is 0 Å². The number of fused-ring (bicyclic) bond motifs is 1. The van der Waals surface area contributed by atoms with Crippen LogP contribution in [0.15, 0.2) is 18.2 Å². The number of nitrogens with two attached hydrogens (primary N) is 1. The first-order valence-electron chi connectivity index (χ1n) is 6.82. The maximum absolute atomic E-state index is 5.71. The molecule has 0 saturated carbocycles. The molecule has 4 heteroatoms. The predicted octanol–water partition coefficient (Wildman–Crippen LogP) is 3.06. The largest absolute Gasteiger partial charge is 0.328 e. The Hall–Kier alpha value is -1.00. The van der Waals surface area contributed by atoms with Crippen LogP contribution in [0.5, 0.6) is 0 Å². The standard InChI is InChI=1S/C15H23N3S/c1-11(2)10-18-14-5-4-12(9-16)8-13(14)17-15(18)6-7-19-3/h4-5,8,11H,6-7,9-10,16H2,1-3H3. The average molecular weight is 277 g/mol. The number of hydrogen-bond acceptors (Lipinski definition) is 3. The zero-order chi connectivity index (χ0) is 13.8. The minimum atomic E-state index is 0.577. The van der Waals surface area contributed by atoms with Gasteiger partial charge in [0.15, 0.2) is 0 Å². The lowest BCUT2D eigenvalue weighted by Gasteiger charge is -2.11. The summed E-state index contributed by atoms with van der Waals surface area (Å²) in [6, 6.07) is 6.39. The summed E-state index contributed by atoms with van der Waals surface area (Å²) in [5.41, 5.74) is 9.18. The van der Waals surface area contributed by atoms with E-state index in [1.165, 1.54) is 11.3 Å². The Bertz CT molecular complexity index is 546. The van der Waals surface area contributed by atoms with Crippen LogP contribution in [0.1, 0.15) is 25.2 Å². The molecule has 2 aromatic rings. The zero-order valence-corrected chi connectivity index (χ0v) is 12.8. The van der Waals surface area contributed by atoms with Gasteiger partial charge in [0.05, 0.1) is 11.0 Å². The van der Waals surface area contributed by atoms with E-state index in [1.54, 1.807) is 0 Å². The Morgan fingerprint density at radius 1 is 1.37 bits per heavy atom. The number of thioether (sulfide) groups is 1. The monoisotopic (exact) mass is 277 g/mol. The van der Waals surface area contributed by atoms with Gasteiger partial charge in [-0.3, -0.25) is 0 Å². The molecule has 0 unspecified atom stereocenters. The molecule has 1 heterocycles. The highest BCUT2D eigenvalue weighted by atomic mass is 32.2. The Balaban J connectivity index is 2.45. The van der Waals surface area contributed by atoms with Gasteiger partial charge in [0.2, 0.25) is 0 Å². The van der Waals surface area contributed by atoms with E-state index in [0.717, 1.165) is 29.8 Å². The van der Waals surface area contributed by atoms with E-state index in [-0.39, 0.29) is 0 Å². The number of aryl methyl sites for hydroxylation is 1. The van der Waals surface area contributed by atoms with Crippen LogP contribution in [0.4, 0.5) is 0 Å². The molecule has 1 aromatic heterocycles. The van der Waals surface area contributed by atoms with Crippen molar-refractivity contribution >= 4 is 22.8 Å². The number of nitrogens with zero attached hydrogens (tertiary/aromatic N) is 2. The van der Waals surface area contributed by atoms with Crippen LogP contribution >= 0.6 is 11.8 Å². The highest BCUT2D eigenvalue weighted by Gasteiger charge is 2.11. The number of imidazole rings is 1. The third-order valence-electron chi connectivity index (χ3n) is 3.20. The van der Waals surface area contributed by atoms with E-state index < -0.39 is 0 Å². The first-order valence-corrected chi connectivity index (χ1v) is 8.22. The maximum Gasteiger partial charge on any atom is 0.110 e. The molecule has 0 aliphatic rings. The minimum Gasteiger partial charge on any atom is -0.328 e. The fourth-order valence-corrected chi connectivity index (χ4v) is 2.69. The van der Waals surface area contributed by atoms with Crippen molar-refractivity contribution in [2.75, 3.05) is 12.0 Å². The molecule has 0 spiro atoms. The van der Waals surface area contributed by atoms with Crippen LogP contribution < -0.4 is 5.73 Å². The molecule has 2 rings (SSSR count). The van der Waals surface area contributed by atoms with Crippen LogP contribution in [0, 0.1) is 5.92 Å². The Kier molecular flexibility index (Phi) is 4.88. The van der Waals surface area contributed by atoms with Gasteiger partial charge in [-0.25, -0.2) is 4.98 Å². The topological polar surface area (TPSA) is 43.8 Å². The maximum atomic E-state index is 5.71. The lowest BCUT2D eigenvalue weighted by molar-refractivity contribution is 0.519. The molecule has 0 aliphatic carbocycles. The van der Waals surface area contributed by atoms with E-state index in [2.05, 4.69) is 42.9 Å². The normalized spacial score (nSPS) is 11.6. The lowest BCUT2D eigenvalue weighted by atomic mass is 10.2. The molecule has 1 aromatic carbocycles. The molecule has 19 heavy (non-hydrogen) atoms. The Labute approximate surface area is 119 Å². The van der Waals surface area contributed by atoms with Gasteiger partial charge in [0.1, 0.15) is 5.82 Å². The number of hydrogen-bond donors (Lipinski definition) is 1. The van der Waals surface area contributed by atoms with Crippen LogP contribution in [-0.2, 0) is 19.5 Å². The van der Waals surface area contributed by atoms with Gasteiger partial charge in [0, 0.05) is 25.3 Å². The number of benzene rings is 1. The zero-order valence-electron chi connectivity index (χ0n) is 12.0. The highest BCUT2D eigenvalue weighted by Crippen LogP contribution is 2.20. The average Bonchev–Trinajstić information content (AvgIpc) is 2.73. The van der Waals surface area contributed by atoms with Crippen molar-refractivity contribution in [1.82, 2.24) is 9.55 Å². The molecule has 0 bridgehead atoms. The van der Waals surface area contributed by atoms with Gasteiger partial charge in [-0.15, -0.1) is 0 Å². The molecule has 104 valence electrons. The van der Waals surface area contributed by atoms with Gasteiger partial charge < -0.3 is 10.3 Å². The van der Waals surface area contributed by atoms with E-state index in [4.69, 9.17) is 10.7 Å². The SMILES string of the molecule is CSCCc1nc2cc(CN)ccc2n1CC(C)C. The van der Waals surface area contributed by atoms with Crippen LogP contribution in [0.2, 0.25) is 0 Å². The van der Waals surface area contributed by atoms with E-state index in [1.807, 2.05) is 11.8 Å². The van der Waals surface area contributed by atoms with E-state index in [9.17, 15) is 0 Å². The fourth-order valence-electron chi connectivity index (χ4n) is 2.31. The molecule has 0 fully saturated rings. The van der Waals surface area contributed by atoms with E-state index >= 15 is 0 Å². The molecule has 0 atom stereocenters. The van der Waals surface area contributed by atoms with Crippen molar-refractivity contribution in [2.24, 2.45) is 11.7 Å². The summed E-state index contributed by atoms with van der Waals surface area (Å²) >= 11 is 1.87. The molecule has 0 saturated heterocycles. The van der Waals surface area contributed by atoms with Crippen molar-refractivity contribution in [3.05, 3.63) is 29.6 Å². The van der Waals surface area contributed by atoms with Crippen molar-refractivity contribution < 1.29 is 0 Å². The van der Waals surface area contributed by atoms with Crippen molar-refractivity contribution in [3.8, 4) is 0 Å². The predicted molar refractivity (Wildman–Crippen MR) is 84.5 cm³/mol. The number of rotatable bonds is 6. The molecular weight excluding hydrogens is 254 g/mol. The van der Waals surface area contributed by atoms with Crippen molar-refractivity contribution in [2.45, 2.75) is 33.4 Å². The summed E-state index contributed by atoms with van der Waals surface area (Å²) in [7, 11) is 0. The molecule has 3 nitrogen and oxygen atoms in total. The molecule has 0 aliphatic heterocycles. The quantitative estimate of drug-likeness (QED) is 0.882. The van der Waals surface area contributed by atoms with Crippen LogP contribution in [-0.4, -0.2) is 21.6 Å². The van der Waals surface area contributed by atoms with Gasteiger partial charge in [0.25, 0.3) is 0 Å². The highest BCUT2D eigenvalue weighted by molar-refractivity contribution is 7.98. The first kappa shape index (κ1) is 14.4.